The van der Waals surface area contributed by atoms with E-state index in [0.29, 0.717) is 0 Å². The highest BCUT2D eigenvalue weighted by atomic mass is 79.9. The van der Waals surface area contributed by atoms with E-state index in [1.165, 1.54) is 16.0 Å². The number of aliphatic hydroxyl groups excluding tert-OH is 1. The van der Waals surface area contributed by atoms with E-state index in [1.54, 1.807) is 0 Å². The predicted octanol–water partition coefficient (Wildman–Crippen LogP) is 4.07. The van der Waals surface area contributed by atoms with E-state index < -0.39 is 0 Å². The monoisotopic (exact) mass is 334 g/mol. The summed E-state index contributed by atoms with van der Waals surface area (Å²) >= 11 is 5.24. The van der Waals surface area contributed by atoms with Crippen LogP contribution in [0.4, 0.5) is 0 Å². The van der Waals surface area contributed by atoms with Crippen LogP contribution < -0.4 is 0 Å². The van der Waals surface area contributed by atoms with E-state index in [1.807, 2.05) is 23.9 Å². The maximum atomic E-state index is 10.4. The number of halogens is 1. The number of hydrogen-bond acceptors (Lipinski definition) is 2. The topological polar surface area (TPSA) is 20.2 Å². The van der Waals surface area contributed by atoms with Crippen molar-refractivity contribution in [3.63, 3.8) is 0 Å². The summed E-state index contributed by atoms with van der Waals surface area (Å²) in [6, 6.07) is 16.6. The summed E-state index contributed by atoms with van der Waals surface area (Å²) in [4.78, 5) is 1.32. The quantitative estimate of drug-likeness (QED) is 0.912. The van der Waals surface area contributed by atoms with Gasteiger partial charge in [-0.05, 0) is 42.2 Å². The first-order chi connectivity index (χ1) is 9.22. The van der Waals surface area contributed by atoms with Crippen LogP contribution in [0, 0.1) is 0 Å². The van der Waals surface area contributed by atoms with E-state index in [9.17, 15) is 5.11 Å². The van der Waals surface area contributed by atoms with E-state index in [2.05, 4.69) is 52.3 Å². The lowest BCUT2D eigenvalue weighted by atomic mass is 10.0. The van der Waals surface area contributed by atoms with Crippen molar-refractivity contribution in [3.8, 4) is 0 Å². The van der Waals surface area contributed by atoms with Crippen LogP contribution in [0.25, 0.3) is 0 Å². The zero-order valence-electron chi connectivity index (χ0n) is 10.4. The molecule has 2 unspecified atom stereocenters. The van der Waals surface area contributed by atoms with E-state index >= 15 is 0 Å². The molecule has 0 fully saturated rings. The smallest absolute Gasteiger partial charge is 0.0705 e. The molecule has 19 heavy (non-hydrogen) atoms. The molecule has 0 saturated heterocycles. The van der Waals surface area contributed by atoms with Crippen molar-refractivity contribution in [1.29, 1.82) is 0 Å². The standard InChI is InChI=1S/C16H15BrOS/c17-13-7-5-11(6-8-13)9-14(18)16-10-12-3-1-2-4-15(12)19-16/h1-8,14,16,18H,9-10H2. The summed E-state index contributed by atoms with van der Waals surface area (Å²) in [7, 11) is 0. The Morgan fingerprint density at radius 2 is 1.89 bits per heavy atom. The molecular weight excluding hydrogens is 320 g/mol. The molecule has 1 aliphatic rings. The zero-order chi connectivity index (χ0) is 13.2. The maximum absolute atomic E-state index is 10.4. The lowest BCUT2D eigenvalue weighted by molar-refractivity contribution is 0.172. The molecule has 3 heteroatoms. The molecule has 1 aliphatic heterocycles. The van der Waals surface area contributed by atoms with Crippen LogP contribution in [0.2, 0.25) is 0 Å². The molecule has 1 nitrogen and oxygen atoms in total. The largest absolute Gasteiger partial charge is 0.392 e. The molecule has 2 aromatic rings. The van der Waals surface area contributed by atoms with Gasteiger partial charge in [0.1, 0.15) is 0 Å². The number of thioether (sulfide) groups is 1. The fraction of sp³-hybridized carbons (Fsp3) is 0.250. The Kier molecular flexibility index (Phi) is 3.96. The SMILES string of the molecule is OC(Cc1ccc(Br)cc1)C1Cc2ccccc2S1. The van der Waals surface area contributed by atoms with Crippen molar-refractivity contribution in [1.82, 2.24) is 0 Å². The Balaban J connectivity index is 1.66. The van der Waals surface area contributed by atoms with Gasteiger partial charge in [-0.1, -0.05) is 46.3 Å². The van der Waals surface area contributed by atoms with Gasteiger partial charge in [0.05, 0.1) is 6.10 Å². The van der Waals surface area contributed by atoms with Gasteiger partial charge in [0.15, 0.2) is 0 Å². The third-order valence-electron chi connectivity index (χ3n) is 3.46. The number of hydrogen-bond donors (Lipinski definition) is 1. The summed E-state index contributed by atoms with van der Waals surface area (Å²) in [6.45, 7) is 0. The second kappa shape index (κ2) is 5.70. The van der Waals surface area contributed by atoms with Gasteiger partial charge in [0, 0.05) is 14.6 Å². The van der Waals surface area contributed by atoms with Gasteiger partial charge in [-0.15, -0.1) is 11.8 Å². The summed E-state index contributed by atoms with van der Waals surface area (Å²) < 4.78 is 1.08. The van der Waals surface area contributed by atoms with Gasteiger partial charge in [0.25, 0.3) is 0 Å². The molecule has 2 atom stereocenters. The van der Waals surface area contributed by atoms with Crippen LogP contribution in [0.5, 0.6) is 0 Å². The third-order valence-corrected chi connectivity index (χ3v) is 5.42. The summed E-state index contributed by atoms with van der Waals surface area (Å²) in [5.41, 5.74) is 2.56. The third kappa shape index (κ3) is 3.04. The normalized spacial score (nSPS) is 19.2. The van der Waals surface area contributed by atoms with Crippen molar-refractivity contribution in [2.24, 2.45) is 0 Å². The summed E-state index contributed by atoms with van der Waals surface area (Å²) in [6.07, 6.45) is 1.40. The van der Waals surface area contributed by atoms with Gasteiger partial charge >= 0.3 is 0 Å². The van der Waals surface area contributed by atoms with E-state index in [0.717, 1.165) is 17.3 Å². The molecular formula is C16H15BrOS. The van der Waals surface area contributed by atoms with E-state index in [4.69, 9.17) is 0 Å². The zero-order valence-corrected chi connectivity index (χ0v) is 12.8. The molecule has 0 amide bonds. The molecule has 0 aliphatic carbocycles. The Hall–Kier alpha value is -0.770. The van der Waals surface area contributed by atoms with Gasteiger partial charge in [-0.3, -0.25) is 0 Å². The first kappa shape index (κ1) is 13.2. The minimum Gasteiger partial charge on any atom is -0.392 e. The Bertz CT molecular complexity index is 542. The average molecular weight is 335 g/mol. The highest BCUT2D eigenvalue weighted by Crippen LogP contribution is 2.38. The average Bonchev–Trinajstić information content (AvgIpc) is 2.85. The first-order valence-corrected chi connectivity index (χ1v) is 8.07. The predicted molar refractivity (Wildman–Crippen MR) is 83.6 cm³/mol. The number of aliphatic hydroxyl groups is 1. The van der Waals surface area contributed by atoms with Crippen molar-refractivity contribution in [3.05, 3.63) is 64.1 Å². The minimum absolute atomic E-state index is 0.279. The highest BCUT2D eigenvalue weighted by molar-refractivity contribution is 9.10. The fourth-order valence-electron chi connectivity index (χ4n) is 2.42. The molecule has 1 heterocycles. The second-order valence-electron chi connectivity index (χ2n) is 4.87. The van der Waals surface area contributed by atoms with Crippen molar-refractivity contribution >= 4 is 27.7 Å². The van der Waals surface area contributed by atoms with Gasteiger partial charge in [-0.2, -0.15) is 0 Å². The van der Waals surface area contributed by atoms with Gasteiger partial charge < -0.3 is 5.11 Å². The van der Waals surface area contributed by atoms with Crippen LogP contribution in [0.3, 0.4) is 0 Å². The van der Waals surface area contributed by atoms with Gasteiger partial charge in [0.2, 0.25) is 0 Å². The molecule has 0 radical (unpaired) electrons. The second-order valence-corrected chi connectivity index (χ2v) is 7.06. The highest BCUT2D eigenvalue weighted by Gasteiger charge is 2.27. The molecule has 98 valence electrons. The first-order valence-electron chi connectivity index (χ1n) is 6.39. The summed E-state index contributed by atoms with van der Waals surface area (Å²) in [5, 5.41) is 10.7. The summed E-state index contributed by atoms with van der Waals surface area (Å²) in [5.74, 6) is 0. The molecule has 1 N–H and O–H groups in total. The van der Waals surface area contributed by atoms with E-state index in [-0.39, 0.29) is 11.4 Å². The van der Waals surface area contributed by atoms with Gasteiger partial charge in [-0.25, -0.2) is 0 Å². The minimum atomic E-state index is -0.293. The van der Waals surface area contributed by atoms with Crippen LogP contribution in [-0.2, 0) is 12.8 Å². The van der Waals surface area contributed by atoms with Crippen molar-refractivity contribution in [2.45, 2.75) is 29.1 Å². The Morgan fingerprint density at radius 3 is 2.63 bits per heavy atom. The molecule has 0 bridgehead atoms. The van der Waals surface area contributed by atoms with Crippen LogP contribution in [-0.4, -0.2) is 16.5 Å². The molecule has 0 spiro atoms. The Labute approximate surface area is 126 Å². The molecule has 2 aromatic carbocycles. The lowest BCUT2D eigenvalue weighted by Crippen LogP contribution is -2.24. The molecule has 0 aromatic heterocycles. The lowest BCUT2D eigenvalue weighted by Gasteiger charge is -2.17. The Morgan fingerprint density at radius 1 is 1.16 bits per heavy atom. The molecule has 0 saturated carbocycles. The maximum Gasteiger partial charge on any atom is 0.0705 e. The number of rotatable bonds is 3. The van der Waals surface area contributed by atoms with Crippen molar-refractivity contribution in [2.75, 3.05) is 0 Å². The van der Waals surface area contributed by atoms with Crippen LogP contribution in [0.15, 0.2) is 57.9 Å². The molecule has 3 rings (SSSR count). The van der Waals surface area contributed by atoms with Crippen LogP contribution in [0.1, 0.15) is 11.1 Å². The fourth-order valence-corrected chi connectivity index (χ4v) is 3.98. The number of benzene rings is 2. The number of fused-ring (bicyclic) bond motifs is 1. The van der Waals surface area contributed by atoms with Crippen molar-refractivity contribution < 1.29 is 5.11 Å². The van der Waals surface area contributed by atoms with Crippen LogP contribution >= 0.6 is 27.7 Å².